The van der Waals surface area contributed by atoms with Crippen LogP contribution in [-0.4, -0.2) is 0 Å². The minimum Gasteiger partial charge on any atom is -0.457 e. The molecule has 0 radical (unpaired) electrons. The van der Waals surface area contributed by atoms with Gasteiger partial charge in [0.25, 0.3) is 0 Å². The van der Waals surface area contributed by atoms with Gasteiger partial charge in [0.1, 0.15) is 11.5 Å². The minimum absolute atomic E-state index is 0.517. The van der Waals surface area contributed by atoms with Crippen LogP contribution in [0.5, 0.6) is 11.5 Å². The van der Waals surface area contributed by atoms with Crippen molar-refractivity contribution in [2.24, 2.45) is 0 Å². The summed E-state index contributed by atoms with van der Waals surface area (Å²) >= 11 is 1.89. The van der Waals surface area contributed by atoms with Crippen molar-refractivity contribution in [3.63, 3.8) is 0 Å². The molecular formula is C66H41NOS. The van der Waals surface area contributed by atoms with E-state index in [1.165, 1.54) is 87.3 Å². The van der Waals surface area contributed by atoms with Crippen LogP contribution in [0, 0.1) is 0 Å². The van der Waals surface area contributed by atoms with Gasteiger partial charge in [0.2, 0.25) is 0 Å². The third-order valence-corrected chi connectivity index (χ3v) is 16.5. The van der Waals surface area contributed by atoms with E-state index in [0.717, 1.165) is 39.7 Å². The molecule has 0 N–H and O–H groups in total. The molecule has 0 fully saturated rings. The summed E-state index contributed by atoms with van der Waals surface area (Å²) in [6, 6.07) is 92.4. The highest BCUT2D eigenvalue weighted by Crippen LogP contribution is 2.67. The molecule has 0 bridgehead atoms. The number of fused-ring (bicyclic) bond motifs is 19. The van der Waals surface area contributed by atoms with E-state index in [1.54, 1.807) is 0 Å². The highest BCUT2D eigenvalue weighted by Gasteiger charge is 2.53. The Bertz CT molecular complexity index is 3650. The number of para-hydroxylation sites is 2. The summed E-state index contributed by atoms with van der Waals surface area (Å²) in [4.78, 5) is 5.16. The van der Waals surface area contributed by atoms with E-state index in [9.17, 15) is 0 Å². The first-order chi connectivity index (χ1) is 34.2. The van der Waals surface area contributed by atoms with Crippen LogP contribution in [0.3, 0.4) is 0 Å². The molecule has 0 aromatic heterocycles. The van der Waals surface area contributed by atoms with Gasteiger partial charge in [-0.05, 0) is 121 Å². The van der Waals surface area contributed by atoms with Crippen LogP contribution in [0.1, 0.15) is 44.5 Å². The average molecular weight is 896 g/mol. The maximum atomic E-state index is 6.76. The topological polar surface area (TPSA) is 12.5 Å². The molecule has 2 spiro atoms. The largest absolute Gasteiger partial charge is 0.457 e. The zero-order chi connectivity index (χ0) is 45.3. The maximum Gasteiger partial charge on any atom is 0.132 e. The quantitative estimate of drug-likeness (QED) is 0.175. The second-order valence-corrected chi connectivity index (χ2v) is 19.7. The third kappa shape index (κ3) is 5.17. The lowest BCUT2D eigenvalue weighted by atomic mass is 9.66. The molecule has 2 aliphatic carbocycles. The van der Waals surface area contributed by atoms with E-state index in [-0.39, 0.29) is 0 Å². The van der Waals surface area contributed by atoms with Crippen molar-refractivity contribution in [1.82, 2.24) is 0 Å². The molecule has 11 aromatic carbocycles. The number of hydrogen-bond acceptors (Lipinski definition) is 3. The van der Waals surface area contributed by atoms with Crippen LogP contribution in [-0.2, 0) is 10.8 Å². The van der Waals surface area contributed by atoms with Gasteiger partial charge in [0, 0.05) is 37.7 Å². The zero-order valence-electron chi connectivity index (χ0n) is 37.4. The first kappa shape index (κ1) is 38.7. The van der Waals surface area contributed by atoms with Crippen LogP contribution in [0.15, 0.2) is 259 Å². The van der Waals surface area contributed by atoms with Crippen LogP contribution < -0.4 is 9.64 Å². The van der Waals surface area contributed by atoms with Crippen LogP contribution in [0.25, 0.3) is 44.2 Å². The second-order valence-electron chi connectivity index (χ2n) is 18.6. The standard InChI is InChI=1S/C66H41NOS/c1-2-18-44-41-45(36-35-42(44)17-1)43-37-39-46(40-38-43)67(57-29-15-27-55-63(57)47-19-3-5-21-49(47)65(55)51-23-7-11-31-59(51)68-60-32-12-8-24-52(60)65)58-30-16-28-56-64(58)48-20-4-6-22-50(48)66(56)53-25-9-13-33-61(53)69-62-34-14-10-26-54(62)66/h1-41H. The maximum absolute atomic E-state index is 6.76. The highest BCUT2D eigenvalue weighted by molar-refractivity contribution is 7.99. The van der Waals surface area contributed by atoms with Crippen molar-refractivity contribution in [3.05, 3.63) is 293 Å². The Morgan fingerprint density at radius 3 is 1.33 bits per heavy atom. The Labute approximate surface area is 405 Å². The van der Waals surface area contributed by atoms with Gasteiger partial charge in [-0.1, -0.05) is 206 Å². The second kappa shape index (κ2) is 14.6. The van der Waals surface area contributed by atoms with E-state index in [4.69, 9.17) is 4.74 Å². The number of hydrogen-bond donors (Lipinski definition) is 0. The van der Waals surface area contributed by atoms with Crippen LogP contribution >= 0.6 is 11.8 Å². The van der Waals surface area contributed by atoms with Gasteiger partial charge in [-0.15, -0.1) is 0 Å². The van der Waals surface area contributed by atoms with Crippen molar-refractivity contribution in [3.8, 4) is 44.9 Å². The van der Waals surface area contributed by atoms with Crippen molar-refractivity contribution in [2.75, 3.05) is 4.90 Å². The Hall–Kier alpha value is -8.37. The predicted molar refractivity (Wildman–Crippen MR) is 283 cm³/mol. The molecule has 0 amide bonds. The Morgan fingerprint density at radius 1 is 0.319 bits per heavy atom. The molecule has 2 nitrogen and oxygen atoms in total. The highest BCUT2D eigenvalue weighted by atomic mass is 32.2. The van der Waals surface area contributed by atoms with Gasteiger partial charge in [-0.2, -0.15) is 0 Å². The molecule has 322 valence electrons. The molecule has 69 heavy (non-hydrogen) atoms. The molecule has 0 saturated carbocycles. The van der Waals surface area contributed by atoms with Crippen LogP contribution in [0.4, 0.5) is 17.1 Å². The fourth-order valence-electron chi connectivity index (χ4n) is 12.7. The Morgan fingerprint density at radius 2 is 0.754 bits per heavy atom. The SMILES string of the molecule is c1ccc2c(c1)Oc1ccccc1C21c2ccccc2-c2c(N(c3ccc(-c4ccc5ccccc5c4)cc3)c3cccc4c3-c3ccccc3C43c4ccccc4Sc4ccccc43)cccc21. The molecule has 2 heterocycles. The third-order valence-electron chi connectivity index (χ3n) is 15.4. The fourth-order valence-corrected chi connectivity index (χ4v) is 13.9. The predicted octanol–water partition coefficient (Wildman–Crippen LogP) is 17.3. The number of anilines is 3. The molecule has 0 saturated heterocycles. The number of nitrogens with zero attached hydrogens (tertiary/aromatic N) is 1. The monoisotopic (exact) mass is 895 g/mol. The summed E-state index contributed by atoms with van der Waals surface area (Å²) in [7, 11) is 0. The smallest absolute Gasteiger partial charge is 0.132 e. The lowest BCUT2D eigenvalue weighted by molar-refractivity contribution is 0.436. The lowest BCUT2D eigenvalue weighted by Gasteiger charge is -2.40. The first-order valence-corrected chi connectivity index (χ1v) is 24.6. The fraction of sp³-hybridized carbons (Fsp3) is 0.0303. The van der Waals surface area contributed by atoms with E-state index in [2.05, 4.69) is 254 Å². The van der Waals surface area contributed by atoms with Gasteiger partial charge in [-0.25, -0.2) is 0 Å². The number of ether oxygens (including phenoxy) is 1. The van der Waals surface area contributed by atoms with Crippen LogP contribution in [0.2, 0.25) is 0 Å². The van der Waals surface area contributed by atoms with Gasteiger partial charge >= 0.3 is 0 Å². The minimum atomic E-state index is -0.610. The molecule has 0 atom stereocenters. The summed E-state index contributed by atoms with van der Waals surface area (Å²) in [6.07, 6.45) is 0. The summed E-state index contributed by atoms with van der Waals surface area (Å²) in [6.45, 7) is 0. The normalized spacial score (nSPS) is 14.4. The van der Waals surface area contributed by atoms with E-state index >= 15 is 0 Å². The van der Waals surface area contributed by atoms with Gasteiger partial charge in [-0.3, -0.25) is 0 Å². The van der Waals surface area contributed by atoms with E-state index in [0.29, 0.717) is 0 Å². The molecule has 2 aliphatic heterocycles. The Kier molecular flexibility index (Phi) is 8.17. The first-order valence-electron chi connectivity index (χ1n) is 23.8. The van der Waals surface area contributed by atoms with Gasteiger partial charge < -0.3 is 9.64 Å². The summed E-state index contributed by atoms with van der Waals surface area (Å²) in [5.41, 5.74) is 19.7. The van der Waals surface area contributed by atoms with Crippen molar-refractivity contribution >= 4 is 39.6 Å². The molecular weight excluding hydrogens is 855 g/mol. The molecule has 0 unspecified atom stereocenters. The van der Waals surface area contributed by atoms with Crippen molar-refractivity contribution in [1.29, 1.82) is 0 Å². The molecule has 11 aromatic rings. The summed E-state index contributed by atoms with van der Waals surface area (Å²) in [5.74, 6) is 1.78. The molecule has 4 aliphatic rings. The average Bonchev–Trinajstić information content (AvgIpc) is 3.88. The molecule has 3 heteroatoms. The van der Waals surface area contributed by atoms with E-state index in [1.807, 2.05) is 11.8 Å². The zero-order valence-corrected chi connectivity index (χ0v) is 38.3. The summed E-state index contributed by atoms with van der Waals surface area (Å²) < 4.78 is 6.76. The van der Waals surface area contributed by atoms with Gasteiger partial charge in [0.15, 0.2) is 0 Å². The number of benzene rings is 11. The molecule has 15 rings (SSSR count). The van der Waals surface area contributed by atoms with Gasteiger partial charge in [0.05, 0.1) is 22.2 Å². The lowest BCUT2D eigenvalue weighted by Crippen LogP contribution is -2.32. The Balaban J connectivity index is 1.03. The summed E-state index contributed by atoms with van der Waals surface area (Å²) in [5, 5.41) is 2.48. The van der Waals surface area contributed by atoms with E-state index < -0.39 is 10.8 Å². The number of rotatable bonds is 4. The van der Waals surface area contributed by atoms with Crippen molar-refractivity contribution < 1.29 is 4.74 Å². The van der Waals surface area contributed by atoms with Crippen molar-refractivity contribution in [2.45, 2.75) is 20.6 Å².